The van der Waals surface area contributed by atoms with Crippen molar-refractivity contribution in [3.8, 4) is 5.75 Å². The molecule has 1 N–H and O–H groups in total. The Morgan fingerprint density at radius 3 is 2.67 bits per heavy atom. The normalized spacial score (nSPS) is 18.9. The molecule has 6 nitrogen and oxygen atoms in total. The van der Waals surface area contributed by atoms with Crippen molar-refractivity contribution in [3.05, 3.63) is 59.1 Å². The van der Waals surface area contributed by atoms with Crippen molar-refractivity contribution in [2.75, 3.05) is 13.7 Å². The topological polar surface area (TPSA) is 80.0 Å². The molecule has 1 aromatic heterocycles. The fourth-order valence-corrected chi connectivity index (χ4v) is 3.36. The number of nitrogens with zero attached hydrogens (tertiary/aromatic N) is 1. The zero-order valence-corrected chi connectivity index (χ0v) is 15.7. The number of aliphatic hydroxyl groups is 1. The molecule has 0 spiro atoms. The summed E-state index contributed by atoms with van der Waals surface area (Å²) in [5, 5.41) is 11.0. The quantitative estimate of drug-likeness (QED) is 0.476. The van der Waals surface area contributed by atoms with Gasteiger partial charge in [0.15, 0.2) is 0 Å². The van der Waals surface area contributed by atoms with E-state index in [4.69, 9.17) is 9.15 Å². The molecule has 1 fully saturated rings. The summed E-state index contributed by atoms with van der Waals surface area (Å²) in [6.07, 6.45) is 3.13. The fourth-order valence-electron chi connectivity index (χ4n) is 3.36. The number of ketones is 1. The number of methoxy groups -OCH3 is 1. The molecule has 6 heteroatoms. The van der Waals surface area contributed by atoms with Gasteiger partial charge in [-0.1, -0.05) is 13.3 Å². The summed E-state index contributed by atoms with van der Waals surface area (Å²) < 4.78 is 10.7. The molecular weight excluding hydrogens is 346 g/mol. The molecule has 1 amide bonds. The molecule has 2 heterocycles. The van der Waals surface area contributed by atoms with Gasteiger partial charge in [-0.3, -0.25) is 9.59 Å². The van der Waals surface area contributed by atoms with Crippen molar-refractivity contribution < 1.29 is 23.8 Å². The summed E-state index contributed by atoms with van der Waals surface area (Å²) in [6.45, 7) is 4.25. The molecule has 3 rings (SSSR count). The number of furan rings is 1. The monoisotopic (exact) mass is 369 g/mol. The molecule has 0 saturated carbocycles. The summed E-state index contributed by atoms with van der Waals surface area (Å²) in [7, 11) is 1.56. The first-order chi connectivity index (χ1) is 13.0. The molecule has 0 radical (unpaired) electrons. The van der Waals surface area contributed by atoms with Gasteiger partial charge in [-0.25, -0.2) is 0 Å². The van der Waals surface area contributed by atoms with E-state index >= 15 is 0 Å². The van der Waals surface area contributed by atoms with Gasteiger partial charge in [0.25, 0.3) is 11.7 Å². The van der Waals surface area contributed by atoms with E-state index in [-0.39, 0.29) is 11.3 Å². The van der Waals surface area contributed by atoms with Gasteiger partial charge in [-0.2, -0.15) is 0 Å². The Labute approximate surface area is 158 Å². The second-order valence-electron chi connectivity index (χ2n) is 6.54. The maximum absolute atomic E-state index is 12.8. The van der Waals surface area contributed by atoms with E-state index in [0.29, 0.717) is 23.6 Å². The number of Topliss-reactive ketones (excluding diaryl/α,β-unsaturated/α-hetero) is 1. The van der Waals surface area contributed by atoms with Crippen LogP contribution in [0.2, 0.25) is 0 Å². The van der Waals surface area contributed by atoms with Crippen molar-refractivity contribution in [3.63, 3.8) is 0 Å². The summed E-state index contributed by atoms with van der Waals surface area (Å²) >= 11 is 0. The SMILES string of the molecule is CCCCN1C(=O)C(=O)/C(=C(\O)c2ccc(OC)cc2C)C1c1ccco1. The Kier molecular flexibility index (Phi) is 5.35. The highest BCUT2D eigenvalue weighted by atomic mass is 16.5. The number of aliphatic hydroxyl groups excluding tert-OH is 1. The molecule has 0 bridgehead atoms. The van der Waals surface area contributed by atoms with Crippen LogP contribution in [0, 0.1) is 6.92 Å². The highest BCUT2D eigenvalue weighted by molar-refractivity contribution is 6.46. The number of rotatable bonds is 6. The van der Waals surface area contributed by atoms with Crippen LogP contribution in [-0.2, 0) is 9.59 Å². The van der Waals surface area contributed by atoms with Crippen LogP contribution in [-0.4, -0.2) is 35.4 Å². The maximum atomic E-state index is 12.8. The second-order valence-corrected chi connectivity index (χ2v) is 6.54. The number of carbonyl (C=O) groups is 2. The summed E-state index contributed by atoms with van der Waals surface area (Å²) in [4.78, 5) is 26.9. The second kappa shape index (κ2) is 7.70. The van der Waals surface area contributed by atoms with Gasteiger partial charge in [0, 0.05) is 12.1 Å². The number of benzene rings is 1. The minimum Gasteiger partial charge on any atom is -0.507 e. The fraction of sp³-hybridized carbons (Fsp3) is 0.333. The minimum absolute atomic E-state index is 0.0549. The predicted molar refractivity (Wildman–Crippen MR) is 100 cm³/mol. The molecule has 1 saturated heterocycles. The van der Waals surface area contributed by atoms with Crippen LogP contribution >= 0.6 is 0 Å². The standard InChI is InChI=1S/C21H23NO5/c1-4-5-10-22-18(16-7-6-11-27-16)17(20(24)21(22)25)19(23)15-9-8-14(26-3)12-13(15)2/h6-9,11-12,18,23H,4-5,10H2,1-3H3/b19-17-. The van der Waals surface area contributed by atoms with E-state index in [1.54, 1.807) is 37.4 Å². The van der Waals surface area contributed by atoms with Gasteiger partial charge in [0.1, 0.15) is 23.3 Å². The van der Waals surface area contributed by atoms with Crippen LogP contribution < -0.4 is 4.74 Å². The number of amides is 1. The van der Waals surface area contributed by atoms with Crippen LogP contribution in [0.3, 0.4) is 0 Å². The molecule has 2 aromatic rings. The van der Waals surface area contributed by atoms with E-state index in [9.17, 15) is 14.7 Å². The van der Waals surface area contributed by atoms with Gasteiger partial charge in [-0.15, -0.1) is 0 Å². The molecule has 1 aliphatic rings. The smallest absolute Gasteiger partial charge is 0.295 e. The number of ether oxygens (including phenoxy) is 1. The Morgan fingerprint density at radius 1 is 1.30 bits per heavy atom. The van der Waals surface area contributed by atoms with Crippen molar-refractivity contribution in [2.24, 2.45) is 0 Å². The largest absolute Gasteiger partial charge is 0.507 e. The molecule has 0 aliphatic carbocycles. The van der Waals surface area contributed by atoms with E-state index in [0.717, 1.165) is 18.4 Å². The van der Waals surface area contributed by atoms with Crippen LogP contribution in [0.4, 0.5) is 0 Å². The molecule has 27 heavy (non-hydrogen) atoms. The zero-order chi connectivity index (χ0) is 19.6. The lowest BCUT2D eigenvalue weighted by Crippen LogP contribution is -2.30. The first-order valence-corrected chi connectivity index (χ1v) is 8.96. The third kappa shape index (κ3) is 3.35. The predicted octanol–water partition coefficient (Wildman–Crippen LogP) is 3.82. The van der Waals surface area contributed by atoms with Gasteiger partial charge in [-0.05, 0) is 49.2 Å². The molecule has 1 unspecified atom stereocenters. The lowest BCUT2D eigenvalue weighted by atomic mass is 9.97. The summed E-state index contributed by atoms with van der Waals surface area (Å²) in [5.41, 5.74) is 1.28. The average molecular weight is 369 g/mol. The number of hydrogen-bond acceptors (Lipinski definition) is 5. The van der Waals surface area contributed by atoms with Crippen LogP contribution in [0.15, 0.2) is 46.6 Å². The van der Waals surface area contributed by atoms with Gasteiger partial charge >= 0.3 is 0 Å². The third-order valence-electron chi connectivity index (χ3n) is 4.79. The number of carbonyl (C=O) groups excluding carboxylic acids is 2. The van der Waals surface area contributed by atoms with Crippen molar-refractivity contribution in [1.29, 1.82) is 0 Å². The molecule has 142 valence electrons. The Hall–Kier alpha value is -3.02. The third-order valence-corrected chi connectivity index (χ3v) is 4.79. The lowest BCUT2D eigenvalue weighted by Gasteiger charge is -2.23. The number of hydrogen-bond donors (Lipinski definition) is 1. The molecule has 1 aromatic carbocycles. The highest BCUT2D eigenvalue weighted by Gasteiger charge is 2.47. The Balaban J connectivity index is 2.14. The summed E-state index contributed by atoms with van der Waals surface area (Å²) in [5.74, 6) is -0.403. The highest BCUT2D eigenvalue weighted by Crippen LogP contribution is 2.40. The number of unbranched alkanes of at least 4 members (excludes halogenated alkanes) is 1. The summed E-state index contributed by atoms with van der Waals surface area (Å²) in [6, 6.07) is 7.84. The van der Waals surface area contributed by atoms with Gasteiger partial charge in [0.05, 0.1) is 18.9 Å². The zero-order valence-electron chi connectivity index (χ0n) is 15.7. The maximum Gasteiger partial charge on any atom is 0.295 e. The van der Waals surface area contributed by atoms with E-state index < -0.39 is 17.7 Å². The first-order valence-electron chi connectivity index (χ1n) is 8.96. The number of aryl methyl sites for hydroxylation is 1. The van der Waals surface area contributed by atoms with Crippen molar-refractivity contribution in [2.45, 2.75) is 32.7 Å². The lowest BCUT2D eigenvalue weighted by molar-refractivity contribution is -0.140. The first kappa shape index (κ1) is 18.8. The Bertz CT molecular complexity index is 882. The Morgan fingerprint density at radius 2 is 2.07 bits per heavy atom. The van der Waals surface area contributed by atoms with E-state index in [1.165, 1.54) is 11.2 Å². The van der Waals surface area contributed by atoms with E-state index in [2.05, 4.69) is 0 Å². The van der Waals surface area contributed by atoms with Crippen molar-refractivity contribution in [1.82, 2.24) is 4.90 Å². The van der Waals surface area contributed by atoms with Crippen LogP contribution in [0.5, 0.6) is 5.75 Å². The van der Waals surface area contributed by atoms with Crippen molar-refractivity contribution >= 4 is 17.4 Å². The minimum atomic E-state index is -0.729. The van der Waals surface area contributed by atoms with Gasteiger partial charge < -0.3 is 19.2 Å². The van der Waals surface area contributed by atoms with Crippen LogP contribution in [0.1, 0.15) is 42.7 Å². The molecule has 1 atom stereocenters. The van der Waals surface area contributed by atoms with Gasteiger partial charge in [0.2, 0.25) is 0 Å². The molecular formula is C21H23NO5. The number of likely N-dealkylation sites (tertiary alicyclic amines) is 1. The average Bonchev–Trinajstić information content (AvgIpc) is 3.27. The molecule has 1 aliphatic heterocycles. The van der Waals surface area contributed by atoms with E-state index in [1.807, 2.05) is 13.8 Å². The van der Waals surface area contributed by atoms with Crippen LogP contribution in [0.25, 0.3) is 5.76 Å².